The topological polar surface area (TPSA) is 24.4 Å². The maximum atomic E-state index is 4.06. The van der Waals surface area contributed by atoms with Gasteiger partial charge in [-0.25, -0.2) is 0 Å². The van der Waals surface area contributed by atoms with Crippen molar-refractivity contribution in [1.29, 1.82) is 0 Å². The van der Waals surface area contributed by atoms with Crippen LogP contribution in [0.5, 0.6) is 0 Å². The van der Waals surface area contributed by atoms with Gasteiger partial charge in [-0.3, -0.25) is 0 Å². The van der Waals surface area contributed by atoms with Gasteiger partial charge in [-0.15, -0.1) is 0 Å². The van der Waals surface area contributed by atoms with Crippen molar-refractivity contribution in [2.45, 2.75) is 39.5 Å². The maximum absolute atomic E-state index is 4.06. The second kappa shape index (κ2) is 6.59. The molecule has 10 heavy (non-hydrogen) atoms. The van der Waals surface area contributed by atoms with Crippen LogP contribution in [0, 0.1) is 0 Å². The molecule has 0 radical (unpaired) electrons. The molecular formula is C8H18N2. The van der Waals surface area contributed by atoms with Crippen LogP contribution in [0.3, 0.4) is 0 Å². The Morgan fingerprint density at radius 1 is 1.40 bits per heavy atom. The first-order valence-corrected chi connectivity index (χ1v) is 4.01. The molecule has 0 aliphatic heterocycles. The van der Waals surface area contributed by atoms with Crippen LogP contribution in [-0.2, 0) is 0 Å². The fourth-order valence-electron chi connectivity index (χ4n) is 0.878. The number of rotatable bonds is 5. The highest BCUT2D eigenvalue weighted by molar-refractivity contribution is 5.81. The van der Waals surface area contributed by atoms with Crippen LogP contribution >= 0.6 is 0 Å². The summed E-state index contributed by atoms with van der Waals surface area (Å²) in [7, 11) is 1.84. The van der Waals surface area contributed by atoms with Crippen molar-refractivity contribution < 1.29 is 0 Å². The third-order valence-electron chi connectivity index (χ3n) is 1.44. The van der Waals surface area contributed by atoms with Gasteiger partial charge < -0.3 is 5.43 Å². The van der Waals surface area contributed by atoms with Gasteiger partial charge in [-0.1, -0.05) is 19.8 Å². The number of nitrogens with one attached hydrogen (secondary N) is 1. The molecule has 2 heteroatoms. The third kappa shape index (κ3) is 5.60. The molecule has 2 nitrogen and oxygen atoms in total. The summed E-state index contributed by atoms with van der Waals surface area (Å²) in [5.41, 5.74) is 3.99. The molecule has 0 spiro atoms. The molecule has 0 heterocycles. The fourth-order valence-corrected chi connectivity index (χ4v) is 0.878. The molecule has 1 N–H and O–H groups in total. The van der Waals surface area contributed by atoms with Gasteiger partial charge in [0.1, 0.15) is 0 Å². The van der Waals surface area contributed by atoms with Gasteiger partial charge in [0.15, 0.2) is 0 Å². The Labute approximate surface area is 63.7 Å². The second-order valence-electron chi connectivity index (χ2n) is 2.53. The van der Waals surface area contributed by atoms with Crippen LogP contribution in [0.1, 0.15) is 39.5 Å². The minimum Gasteiger partial charge on any atom is -0.313 e. The Balaban J connectivity index is 3.21. The SMILES string of the molecule is CCCCC/C(C)=N/NC. The smallest absolute Gasteiger partial charge is 0.0347 e. The second-order valence-corrected chi connectivity index (χ2v) is 2.53. The predicted octanol–water partition coefficient (Wildman–Crippen LogP) is 2.16. The number of unbranched alkanes of at least 4 members (excludes halogenated alkanes) is 2. The molecule has 0 rings (SSSR count). The van der Waals surface area contributed by atoms with Gasteiger partial charge in [0.05, 0.1) is 0 Å². The van der Waals surface area contributed by atoms with Gasteiger partial charge in [0.25, 0.3) is 0 Å². The van der Waals surface area contributed by atoms with E-state index in [1.165, 1.54) is 25.0 Å². The van der Waals surface area contributed by atoms with Crippen molar-refractivity contribution in [3.05, 3.63) is 0 Å². The van der Waals surface area contributed by atoms with Crippen molar-refractivity contribution >= 4 is 5.71 Å². The molecular weight excluding hydrogens is 124 g/mol. The molecule has 0 aromatic carbocycles. The van der Waals surface area contributed by atoms with Crippen LogP contribution < -0.4 is 5.43 Å². The van der Waals surface area contributed by atoms with Crippen LogP contribution in [-0.4, -0.2) is 12.8 Å². The van der Waals surface area contributed by atoms with Crippen molar-refractivity contribution in [2.24, 2.45) is 5.10 Å². The lowest BCUT2D eigenvalue weighted by Gasteiger charge is -1.97. The first-order valence-electron chi connectivity index (χ1n) is 4.01. The predicted molar refractivity (Wildman–Crippen MR) is 46.3 cm³/mol. The van der Waals surface area contributed by atoms with Crippen LogP contribution in [0.25, 0.3) is 0 Å². The van der Waals surface area contributed by atoms with E-state index in [1.54, 1.807) is 0 Å². The maximum Gasteiger partial charge on any atom is 0.0347 e. The van der Waals surface area contributed by atoms with E-state index < -0.39 is 0 Å². The molecule has 0 aromatic rings. The standard InChI is InChI=1S/C8H18N2/c1-4-5-6-7-8(2)10-9-3/h9H,4-7H2,1-3H3/b10-8+. The molecule has 0 saturated carbocycles. The lowest BCUT2D eigenvalue weighted by Crippen LogP contribution is -2.01. The number of nitrogens with zero attached hydrogens (tertiary/aromatic N) is 1. The minimum absolute atomic E-state index is 1.13. The van der Waals surface area contributed by atoms with E-state index in [1.807, 2.05) is 7.05 Å². The molecule has 0 amide bonds. The van der Waals surface area contributed by atoms with Gasteiger partial charge in [-0.05, 0) is 19.8 Å². The summed E-state index contributed by atoms with van der Waals surface area (Å²) in [5.74, 6) is 0. The molecule has 0 aliphatic carbocycles. The van der Waals surface area contributed by atoms with Gasteiger partial charge in [-0.2, -0.15) is 5.10 Å². The van der Waals surface area contributed by atoms with Crippen molar-refractivity contribution in [2.75, 3.05) is 7.05 Å². The van der Waals surface area contributed by atoms with E-state index in [9.17, 15) is 0 Å². The first kappa shape index (κ1) is 9.47. The van der Waals surface area contributed by atoms with Crippen molar-refractivity contribution in [3.8, 4) is 0 Å². The highest BCUT2D eigenvalue weighted by atomic mass is 15.3. The normalized spacial score (nSPS) is 11.7. The highest BCUT2D eigenvalue weighted by Crippen LogP contribution is 1.99. The Hall–Kier alpha value is -0.530. The molecule has 0 atom stereocenters. The van der Waals surface area contributed by atoms with Gasteiger partial charge >= 0.3 is 0 Å². The average Bonchev–Trinajstić information content (AvgIpc) is 1.89. The zero-order valence-electron chi connectivity index (χ0n) is 7.28. The third-order valence-corrected chi connectivity index (χ3v) is 1.44. The van der Waals surface area contributed by atoms with Crippen molar-refractivity contribution in [3.63, 3.8) is 0 Å². The summed E-state index contributed by atoms with van der Waals surface area (Å²) in [6.45, 7) is 4.27. The summed E-state index contributed by atoms with van der Waals surface area (Å²) in [6.07, 6.45) is 5.01. The molecule has 60 valence electrons. The number of hydrogen-bond donors (Lipinski definition) is 1. The van der Waals surface area contributed by atoms with Crippen LogP contribution in [0.15, 0.2) is 5.10 Å². The summed E-state index contributed by atoms with van der Waals surface area (Å²) in [6, 6.07) is 0. The summed E-state index contributed by atoms with van der Waals surface area (Å²) >= 11 is 0. The summed E-state index contributed by atoms with van der Waals surface area (Å²) in [4.78, 5) is 0. The van der Waals surface area contributed by atoms with Gasteiger partial charge in [0, 0.05) is 12.8 Å². The van der Waals surface area contributed by atoms with E-state index in [-0.39, 0.29) is 0 Å². The van der Waals surface area contributed by atoms with E-state index in [0.717, 1.165) is 6.42 Å². The first-order chi connectivity index (χ1) is 4.81. The lowest BCUT2D eigenvalue weighted by atomic mass is 10.1. The molecule has 0 aromatic heterocycles. The quantitative estimate of drug-likeness (QED) is 0.355. The summed E-state index contributed by atoms with van der Waals surface area (Å²) in [5, 5.41) is 4.06. The number of hydrogen-bond acceptors (Lipinski definition) is 2. The molecule has 0 bridgehead atoms. The molecule has 0 unspecified atom stereocenters. The Morgan fingerprint density at radius 2 is 2.10 bits per heavy atom. The summed E-state index contributed by atoms with van der Waals surface area (Å²) < 4.78 is 0. The Bertz CT molecular complexity index is 97.4. The Kier molecular flexibility index (Phi) is 6.24. The molecule has 0 aliphatic rings. The number of hydrazone groups is 1. The molecule has 0 fully saturated rings. The van der Waals surface area contributed by atoms with E-state index in [0.29, 0.717) is 0 Å². The minimum atomic E-state index is 1.13. The van der Waals surface area contributed by atoms with Crippen LogP contribution in [0.4, 0.5) is 0 Å². The van der Waals surface area contributed by atoms with Crippen molar-refractivity contribution in [1.82, 2.24) is 5.43 Å². The van der Waals surface area contributed by atoms with E-state index >= 15 is 0 Å². The molecule has 0 saturated heterocycles. The average molecular weight is 142 g/mol. The zero-order valence-corrected chi connectivity index (χ0v) is 7.28. The van der Waals surface area contributed by atoms with Crippen LogP contribution in [0.2, 0.25) is 0 Å². The lowest BCUT2D eigenvalue weighted by molar-refractivity contribution is 0.735. The highest BCUT2D eigenvalue weighted by Gasteiger charge is 1.89. The zero-order chi connectivity index (χ0) is 7.82. The van der Waals surface area contributed by atoms with E-state index in [4.69, 9.17) is 0 Å². The monoisotopic (exact) mass is 142 g/mol. The van der Waals surface area contributed by atoms with E-state index in [2.05, 4.69) is 24.4 Å². The Morgan fingerprint density at radius 3 is 2.60 bits per heavy atom. The fraction of sp³-hybridized carbons (Fsp3) is 0.875. The van der Waals surface area contributed by atoms with Gasteiger partial charge in [0.2, 0.25) is 0 Å². The largest absolute Gasteiger partial charge is 0.313 e.